The van der Waals surface area contributed by atoms with E-state index in [1.54, 1.807) is 14.0 Å². The van der Waals surface area contributed by atoms with Crippen molar-refractivity contribution in [3.63, 3.8) is 0 Å². The first-order chi connectivity index (χ1) is 5.70. The zero-order chi connectivity index (χ0) is 9.40. The van der Waals surface area contributed by atoms with E-state index >= 15 is 0 Å². The van der Waals surface area contributed by atoms with Gasteiger partial charge < -0.3 is 14.2 Å². The van der Waals surface area contributed by atoms with Crippen LogP contribution in [0.2, 0.25) is 0 Å². The van der Waals surface area contributed by atoms with Crippen LogP contribution in [0.4, 0.5) is 4.79 Å². The molecule has 1 amide bonds. The van der Waals surface area contributed by atoms with E-state index in [4.69, 9.17) is 9.47 Å². The fourth-order valence-electron chi connectivity index (χ4n) is 0.484. The van der Waals surface area contributed by atoms with Gasteiger partial charge in [-0.15, -0.1) is 0 Å². The molecule has 0 heterocycles. The van der Waals surface area contributed by atoms with Crippen LogP contribution < -0.4 is 5.32 Å². The van der Waals surface area contributed by atoms with Crippen LogP contribution in [0, 0.1) is 0 Å². The van der Waals surface area contributed by atoms with E-state index in [9.17, 15) is 4.79 Å². The van der Waals surface area contributed by atoms with Gasteiger partial charge in [-0.1, -0.05) is 0 Å². The molecule has 0 aromatic heterocycles. The maximum absolute atomic E-state index is 10.8. The molecule has 0 spiro atoms. The topological polar surface area (TPSA) is 56.8 Å². The van der Waals surface area contributed by atoms with Crippen molar-refractivity contribution in [3.05, 3.63) is 0 Å². The number of ether oxygens (including phenoxy) is 3. The summed E-state index contributed by atoms with van der Waals surface area (Å²) in [6.45, 7) is 2.35. The summed E-state index contributed by atoms with van der Waals surface area (Å²) in [6.07, 6.45) is -0.832. The molecule has 1 N–H and O–H groups in total. The molecule has 0 aromatic carbocycles. The van der Waals surface area contributed by atoms with E-state index in [0.29, 0.717) is 6.61 Å². The van der Waals surface area contributed by atoms with Crippen molar-refractivity contribution < 1.29 is 19.0 Å². The Hall–Kier alpha value is -0.810. The third-order valence-corrected chi connectivity index (χ3v) is 1.20. The summed E-state index contributed by atoms with van der Waals surface area (Å²) in [4.78, 5) is 10.8. The lowest BCUT2D eigenvalue weighted by Gasteiger charge is -2.11. The number of amides is 1. The molecule has 0 aliphatic carbocycles. The van der Waals surface area contributed by atoms with Crippen molar-refractivity contribution in [2.75, 3.05) is 27.4 Å². The molecule has 1 atom stereocenters. The molecule has 0 aliphatic rings. The Kier molecular flexibility index (Phi) is 6.41. The smallest absolute Gasteiger partial charge is 0.409 e. The molecule has 0 rings (SSSR count). The number of methoxy groups -OCH3 is 2. The summed E-state index contributed by atoms with van der Waals surface area (Å²) < 4.78 is 14.2. The third kappa shape index (κ3) is 5.94. The SMILES string of the molecule is COCCOC(=O)NC(C)OC. The first-order valence-corrected chi connectivity index (χ1v) is 3.65. The highest BCUT2D eigenvalue weighted by molar-refractivity contribution is 5.67. The molecule has 1 unspecified atom stereocenters. The van der Waals surface area contributed by atoms with Crippen LogP contribution in [0.3, 0.4) is 0 Å². The van der Waals surface area contributed by atoms with Gasteiger partial charge in [-0.3, -0.25) is 5.32 Å². The Morgan fingerprint density at radius 3 is 2.58 bits per heavy atom. The molecular weight excluding hydrogens is 162 g/mol. The van der Waals surface area contributed by atoms with E-state index in [2.05, 4.69) is 10.1 Å². The van der Waals surface area contributed by atoms with Crippen LogP contribution in [0.15, 0.2) is 0 Å². The van der Waals surface area contributed by atoms with Crippen molar-refractivity contribution >= 4 is 6.09 Å². The number of nitrogens with one attached hydrogen (secondary N) is 1. The van der Waals surface area contributed by atoms with Gasteiger partial charge in [-0.05, 0) is 6.92 Å². The minimum atomic E-state index is -0.499. The Bertz CT molecular complexity index is 129. The molecule has 0 saturated carbocycles. The molecule has 0 radical (unpaired) electrons. The van der Waals surface area contributed by atoms with Gasteiger partial charge in [-0.25, -0.2) is 4.79 Å². The van der Waals surface area contributed by atoms with E-state index in [1.807, 2.05) is 0 Å². The molecule has 5 heteroatoms. The highest BCUT2D eigenvalue weighted by atomic mass is 16.6. The molecule has 0 aromatic rings. The van der Waals surface area contributed by atoms with Crippen molar-refractivity contribution in [3.8, 4) is 0 Å². The summed E-state index contributed by atoms with van der Waals surface area (Å²) in [5.74, 6) is 0. The van der Waals surface area contributed by atoms with Gasteiger partial charge in [0.05, 0.1) is 6.61 Å². The Morgan fingerprint density at radius 2 is 2.08 bits per heavy atom. The average molecular weight is 177 g/mol. The average Bonchev–Trinajstić information content (AvgIpc) is 2.05. The van der Waals surface area contributed by atoms with Crippen molar-refractivity contribution in [2.45, 2.75) is 13.2 Å². The lowest BCUT2D eigenvalue weighted by molar-refractivity contribution is 0.0612. The highest BCUT2D eigenvalue weighted by Gasteiger charge is 2.05. The maximum atomic E-state index is 10.8. The third-order valence-electron chi connectivity index (χ3n) is 1.20. The van der Waals surface area contributed by atoms with E-state index in [1.165, 1.54) is 7.11 Å². The number of carbonyl (C=O) groups excluding carboxylic acids is 1. The van der Waals surface area contributed by atoms with Crippen molar-refractivity contribution in [1.29, 1.82) is 0 Å². The molecule has 0 saturated heterocycles. The number of hydrogen-bond acceptors (Lipinski definition) is 4. The monoisotopic (exact) mass is 177 g/mol. The van der Waals surface area contributed by atoms with E-state index < -0.39 is 6.09 Å². The second-order valence-corrected chi connectivity index (χ2v) is 2.15. The fraction of sp³-hybridized carbons (Fsp3) is 0.857. The van der Waals surface area contributed by atoms with Gasteiger partial charge in [0.15, 0.2) is 0 Å². The van der Waals surface area contributed by atoms with Crippen molar-refractivity contribution in [2.24, 2.45) is 0 Å². The predicted octanol–water partition coefficient (Wildman–Crippen LogP) is 0.351. The zero-order valence-electron chi connectivity index (χ0n) is 7.62. The number of carbonyl (C=O) groups is 1. The number of rotatable bonds is 5. The van der Waals surface area contributed by atoms with Crippen LogP contribution in [-0.2, 0) is 14.2 Å². The number of alkyl carbamates (subject to hydrolysis) is 1. The van der Waals surface area contributed by atoms with Crippen LogP contribution >= 0.6 is 0 Å². The Morgan fingerprint density at radius 1 is 1.42 bits per heavy atom. The van der Waals surface area contributed by atoms with Crippen LogP contribution in [0.1, 0.15) is 6.92 Å². The van der Waals surface area contributed by atoms with Gasteiger partial charge in [-0.2, -0.15) is 0 Å². The molecule has 0 bridgehead atoms. The van der Waals surface area contributed by atoms with E-state index in [0.717, 1.165) is 0 Å². The maximum Gasteiger partial charge on any atom is 0.409 e. The highest BCUT2D eigenvalue weighted by Crippen LogP contribution is 1.84. The second kappa shape index (κ2) is 6.87. The summed E-state index contributed by atoms with van der Waals surface area (Å²) in [5.41, 5.74) is 0. The van der Waals surface area contributed by atoms with Crippen LogP contribution in [-0.4, -0.2) is 39.8 Å². The van der Waals surface area contributed by atoms with Gasteiger partial charge in [0.2, 0.25) is 0 Å². The summed E-state index contributed by atoms with van der Waals surface area (Å²) in [5, 5.41) is 2.45. The molecular formula is C7H15NO4. The van der Waals surface area contributed by atoms with Gasteiger partial charge in [0.25, 0.3) is 0 Å². The molecule has 12 heavy (non-hydrogen) atoms. The van der Waals surface area contributed by atoms with Gasteiger partial charge in [0.1, 0.15) is 12.8 Å². The lowest BCUT2D eigenvalue weighted by Crippen LogP contribution is -2.34. The molecule has 0 aliphatic heterocycles. The molecule has 5 nitrogen and oxygen atoms in total. The first kappa shape index (κ1) is 11.2. The Balaban J connectivity index is 3.33. The lowest BCUT2D eigenvalue weighted by atomic mass is 10.6. The predicted molar refractivity (Wildman–Crippen MR) is 42.8 cm³/mol. The minimum absolute atomic E-state index is 0.249. The standard InChI is InChI=1S/C7H15NO4/c1-6(11-3)8-7(9)12-5-4-10-2/h6H,4-5H2,1-3H3,(H,8,9). The quantitative estimate of drug-likeness (QED) is 0.486. The van der Waals surface area contributed by atoms with Gasteiger partial charge >= 0.3 is 6.09 Å². The largest absolute Gasteiger partial charge is 0.447 e. The molecule has 72 valence electrons. The molecule has 0 fully saturated rings. The van der Waals surface area contributed by atoms with Gasteiger partial charge in [0, 0.05) is 14.2 Å². The fourth-order valence-corrected chi connectivity index (χ4v) is 0.484. The minimum Gasteiger partial charge on any atom is -0.447 e. The normalized spacial score (nSPS) is 12.2. The van der Waals surface area contributed by atoms with Crippen LogP contribution in [0.5, 0.6) is 0 Å². The first-order valence-electron chi connectivity index (χ1n) is 3.65. The Labute approximate surface area is 72.0 Å². The summed E-state index contributed by atoms with van der Waals surface area (Å²) >= 11 is 0. The van der Waals surface area contributed by atoms with Crippen molar-refractivity contribution in [1.82, 2.24) is 5.32 Å². The number of hydrogen-bond donors (Lipinski definition) is 1. The zero-order valence-corrected chi connectivity index (χ0v) is 7.62. The summed E-state index contributed by atoms with van der Waals surface area (Å²) in [7, 11) is 3.04. The second-order valence-electron chi connectivity index (χ2n) is 2.15. The van der Waals surface area contributed by atoms with Crippen LogP contribution in [0.25, 0.3) is 0 Å². The van der Waals surface area contributed by atoms with E-state index in [-0.39, 0.29) is 12.8 Å². The summed E-state index contributed by atoms with van der Waals surface area (Å²) in [6, 6.07) is 0.